The molecule has 18 heavy (non-hydrogen) atoms. The van der Waals surface area contributed by atoms with E-state index < -0.39 is 0 Å². The first-order valence-electron chi connectivity index (χ1n) is 6.14. The van der Waals surface area contributed by atoms with E-state index in [4.69, 9.17) is 8.83 Å². The van der Waals surface area contributed by atoms with Gasteiger partial charge in [-0.25, -0.2) is 0 Å². The van der Waals surface area contributed by atoms with Crippen LogP contribution < -0.4 is 5.32 Å². The molecule has 3 rings (SSSR count). The molecule has 0 radical (unpaired) electrons. The van der Waals surface area contributed by atoms with Crippen LogP contribution in [0.4, 0.5) is 0 Å². The smallest absolute Gasteiger partial charge is 0.283 e. The predicted octanol–water partition coefficient (Wildman–Crippen LogP) is 1.12. The molecule has 96 valence electrons. The Morgan fingerprint density at radius 1 is 1.50 bits per heavy atom. The molecule has 1 saturated heterocycles. The van der Waals surface area contributed by atoms with Crippen molar-refractivity contribution in [2.75, 3.05) is 19.6 Å². The molecule has 0 amide bonds. The van der Waals surface area contributed by atoms with E-state index >= 15 is 0 Å². The van der Waals surface area contributed by atoms with Gasteiger partial charge in [-0.05, 0) is 19.1 Å². The fourth-order valence-corrected chi connectivity index (χ4v) is 2.11. The molecular formula is C12H16N4O2. The third kappa shape index (κ3) is 2.30. The number of rotatable bonds is 3. The first-order chi connectivity index (χ1) is 8.83. The molecule has 1 aliphatic rings. The van der Waals surface area contributed by atoms with Crippen LogP contribution in [0.1, 0.15) is 12.8 Å². The molecule has 0 aliphatic carbocycles. The number of hydrogen-bond donors (Lipinski definition) is 1. The van der Waals surface area contributed by atoms with Crippen LogP contribution in [-0.2, 0) is 6.54 Å². The van der Waals surface area contributed by atoms with Crippen LogP contribution in [0.15, 0.2) is 27.2 Å². The van der Waals surface area contributed by atoms with Crippen LogP contribution >= 0.6 is 0 Å². The molecular weight excluding hydrogens is 232 g/mol. The van der Waals surface area contributed by atoms with Gasteiger partial charge < -0.3 is 14.2 Å². The monoisotopic (exact) mass is 248 g/mol. The zero-order valence-electron chi connectivity index (χ0n) is 10.3. The van der Waals surface area contributed by atoms with E-state index in [1.54, 1.807) is 12.3 Å². The average molecular weight is 248 g/mol. The average Bonchev–Trinajstić information content (AvgIpc) is 3.02. The Morgan fingerprint density at radius 3 is 3.22 bits per heavy atom. The standard InChI is InChI=1S/C12H16N4O2/c1-9-7-13-4-5-16(9)8-11-14-15-12(18-11)10-3-2-6-17-10/h2-3,6,9,13H,4-5,7-8H2,1H3/t9-/m0/s1. The van der Waals surface area contributed by atoms with Crippen molar-refractivity contribution in [1.29, 1.82) is 0 Å². The van der Waals surface area contributed by atoms with Gasteiger partial charge in [0.1, 0.15) is 0 Å². The quantitative estimate of drug-likeness (QED) is 0.878. The molecule has 0 aromatic carbocycles. The lowest BCUT2D eigenvalue weighted by Gasteiger charge is -2.32. The number of nitrogens with zero attached hydrogens (tertiary/aromatic N) is 3. The molecule has 0 spiro atoms. The van der Waals surface area contributed by atoms with E-state index in [9.17, 15) is 0 Å². The van der Waals surface area contributed by atoms with Crippen molar-refractivity contribution in [3.05, 3.63) is 24.3 Å². The van der Waals surface area contributed by atoms with Crippen LogP contribution in [0, 0.1) is 0 Å². The van der Waals surface area contributed by atoms with E-state index in [1.165, 1.54) is 0 Å². The van der Waals surface area contributed by atoms with E-state index in [0.29, 0.717) is 30.1 Å². The second-order valence-electron chi connectivity index (χ2n) is 4.50. The summed E-state index contributed by atoms with van der Waals surface area (Å²) in [5, 5.41) is 11.4. The number of nitrogens with one attached hydrogen (secondary N) is 1. The highest BCUT2D eigenvalue weighted by molar-refractivity contribution is 5.42. The predicted molar refractivity (Wildman–Crippen MR) is 64.7 cm³/mol. The minimum absolute atomic E-state index is 0.442. The summed E-state index contributed by atoms with van der Waals surface area (Å²) in [6.45, 7) is 5.88. The number of piperazine rings is 1. The lowest BCUT2D eigenvalue weighted by Crippen LogP contribution is -2.49. The lowest BCUT2D eigenvalue weighted by atomic mass is 10.2. The van der Waals surface area contributed by atoms with E-state index in [-0.39, 0.29) is 0 Å². The molecule has 0 saturated carbocycles. The van der Waals surface area contributed by atoms with Gasteiger partial charge in [0.25, 0.3) is 5.89 Å². The first-order valence-corrected chi connectivity index (χ1v) is 6.14. The van der Waals surface area contributed by atoms with Crippen molar-refractivity contribution in [2.24, 2.45) is 0 Å². The molecule has 3 heterocycles. The van der Waals surface area contributed by atoms with Gasteiger partial charge in [0, 0.05) is 25.7 Å². The molecule has 1 atom stereocenters. The fraction of sp³-hybridized carbons (Fsp3) is 0.500. The van der Waals surface area contributed by atoms with Gasteiger partial charge in [-0.15, -0.1) is 10.2 Å². The zero-order valence-corrected chi connectivity index (χ0v) is 10.3. The summed E-state index contributed by atoms with van der Waals surface area (Å²) in [4.78, 5) is 2.33. The number of hydrogen-bond acceptors (Lipinski definition) is 6. The van der Waals surface area contributed by atoms with Gasteiger partial charge in [0.15, 0.2) is 5.76 Å². The van der Waals surface area contributed by atoms with Crippen LogP contribution in [0.5, 0.6) is 0 Å². The molecule has 1 N–H and O–H groups in total. The Morgan fingerprint density at radius 2 is 2.44 bits per heavy atom. The highest BCUT2D eigenvalue weighted by Crippen LogP contribution is 2.19. The van der Waals surface area contributed by atoms with Gasteiger partial charge in [0.2, 0.25) is 5.89 Å². The summed E-state index contributed by atoms with van der Waals surface area (Å²) in [7, 11) is 0. The van der Waals surface area contributed by atoms with Crippen LogP contribution in [0.2, 0.25) is 0 Å². The van der Waals surface area contributed by atoms with Crippen LogP contribution in [0.3, 0.4) is 0 Å². The topological polar surface area (TPSA) is 67.3 Å². The van der Waals surface area contributed by atoms with Crippen molar-refractivity contribution in [3.8, 4) is 11.7 Å². The summed E-state index contributed by atoms with van der Waals surface area (Å²) in [5.41, 5.74) is 0. The van der Waals surface area contributed by atoms with Crippen molar-refractivity contribution in [3.63, 3.8) is 0 Å². The Bertz CT molecular complexity index is 494. The minimum atomic E-state index is 0.442. The van der Waals surface area contributed by atoms with Gasteiger partial charge in [-0.2, -0.15) is 0 Å². The third-order valence-electron chi connectivity index (χ3n) is 3.18. The van der Waals surface area contributed by atoms with Gasteiger partial charge >= 0.3 is 0 Å². The van der Waals surface area contributed by atoms with Gasteiger partial charge in [0.05, 0.1) is 12.8 Å². The van der Waals surface area contributed by atoms with E-state index in [0.717, 1.165) is 19.6 Å². The van der Waals surface area contributed by atoms with Gasteiger partial charge in [-0.1, -0.05) is 0 Å². The number of furan rings is 1. The summed E-state index contributed by atoms with van der Waals surface area (Å²) in [6.07, 6.45) is 1.59. The van der Waals surface area contributed by atoms with E-state index in [1.807, 2.05) is 6.07 Å². The van der Waals surface area contributed by atoms with Crippen LogP contribution in [0.25, 0.3) is 11.7 Å². The normalized spacial score (nSPS) is 21.3. The second-order valence-corrected chi connectivity index (χ2v) is 4.50. The van der Waals surface area contributed by atoms with E-state index in [2.05, 4.69) is 27.3 Å². The highest BCUT2D eigenvalue weighted by atomic mass is 16.4. The van der Waals surface area contributed by atoms with Crippen molar-refractivity contribution in [1.82, 2.24) is 20.4 Å². The minimum Gasteiger partial charge on any atom is -0.459 e. The maximum atomic E-state index is 5.60. The molecule has 6 nitrogen and oxygen atoms in total. The maximum absolute atomic E-state index is 5.60. The maximum Gasteiger partial charge on any atom is 0.283 e. The summed E-state index contributed by atoms with van der Waals surface area (Å²) in [6, 6.07) is 4.10. The Hall–Kier alpha value is -1.66. The molecule has 2 aromatic heterocycles. The zero-order chi connectivity index (χ0) is 12.4. The molecule has 6 heteroatoms. The Labute approximate surface area is 105 Å². The fourth-order valence-electron chi connectivity index (χ4n) is 2.11. The summed E-state index contributed by atoms with van der Waals surface area (Å²) < 4.78 is 10.8. The molecule has 2 aromatic rings. The SMILES string of the molecule is C[C@H]1CNCCN1Cc1nnc(-c2ccco2)o1. The number of aromatic nitrogens is 2. The third-order valence-corrected chi connectivity index (χ3v) is 3.18. The highest BCUT2D eigenvalue weighted by Gasteiger charge is 2.20. The second kappa shape index (κ2) is 4.91. The lowest BCUT2D eigenvalue weighted by molar-refractivity contribution is 0.151. The summed E-state index contributed by atoms with van der Waals surface area (Å²) in [5.74, 6) is 1.69. The van der Waals surface area contributed by atoms with Gasteiger partial charge in [-0.3, -0.25) is 4.90 Å². The largest absolute Gasteiger partial charge is 0.459 e. The van der Waals surface area contributed by atoms with Crippen LogP contribution in [-0.4, -0.2) is 40.8 Å². The molecule has 1 fully saturated rings. The van der Waals surface area contributed by atoms with Crippen molar-refractivity contribution < 1.29 is 8.83 Å². The molecule has 0 unspecified atom stereocenters. The first kappa shape index (κ1) is 11.4. The van der Waals surface area contributed by atoms with Crippen molar-refractivity contribution >= 4 is 0 Å². The van der Waals surface area contributed by atoms with Crippen molar-refractivity contribution in [2.45, 2.75) is 19.5 Å². The molecule has 0 bridgehead atoms. The Balaban J connectivity index is 1.70. The Kier molecular flexibility index (Phi) is 3.12. The summed E-state index contributed by atoms with van der Waals surface area (Å²) >= 11 is 0. The molecule has 1 aliphatic heterocycles.